The van der Waals surface area contributed by atoms with Crippen LogP contribution >= 0.6 is 15.9 Å². The molecule has 0 saturated carbocycles. The average molecular weight is 381 g/mol. The van der Waals surface area contributed by atoms with Crippen molar-refractivity contribution in [1.82, 2.24) is 19.7 Å². The van der Waals surface area contributed by atoms with Gasteiger partial charge in [-0.05, 0) is 29.8 Å². The Bertz CT molecular complexity index is 917. The van der Waals surface area contributed by atoms with Crippen LogP contribution in [0.5, 0.6) is 0 Å². The number of imidazole rings is 1. The van der Waals surface area contributed by atoms with E-state index in [0.717, 1.165) is 15.6 Å². The van der Waals surface area contributed by atoms with Gasteiger partial charge in [-0.1, -0.05) is 46.3 Å². The van der Waals surface area contributed by atoms with Gasteiger partial charge < -0.3 is 8.98 Å². The summed E-state index contributed by atoms with van der Waals surface area (Å²) in [7, 11) is 0. The second-order valence-electron chi connectivity index (χ2n) is 5.28. The molecule has 118 valence electrons. The molecule has 0 N–H and O–H groups in total. The lowest BCUT2D eigenvalue weighted by Crippen LogP contribution is -2.10. The third-order valence-corrected chi connectivity index (χ3v) is 4.23. The molecule has 0 fully saturated rings. The van der Waals surface area contributed by atoms with Gasteiger partial charge in [0.25, 0.3) is 0 Å². The molecule has 0 bridgehead atoms. The first-order valence-corrected chi connectivity index (χ1v) is 8.22. The summed E-state index contributed by atoms with van der Waals surface area (Å²) in [6.07, 6.45) is 5.38. The van der Waals surface area contributed by atoms with Crippen LogP contribution in [0, 0.1) is 0 Å². The predicted molar refractivity (Wildman–Crippen MR) is 93.3 cm³/mol. The minimum Gasteiger partial charge on any atom is -0.418 e. The molecule has 2 aromatic heterocycles. The molecule has 0 aliphatic carbocycles. The Balaban J connectivity index is 1.76. The van der Waals surface area contributed by atoms with Crippen LogP contribution in [0.15, 0.2) is 82.2 Å². The first-order chi connectivity index (χ1) is 11.8. The third kappa shape index (κ3) is 2.88. The minimum atomic E-state index is -0.203. The molecule has 4 rings (SSSR count). The molecular formula is C18H13BrN4O. The summed E-state index contributed by atoms with van der Waals surface area (Å²) in [6.45, 7) is 0. The molecule has 0 spiro atoms. The van der Waals surface area contributed by atoms with Gasteiger partial charge in [-0.3, -0.25) is 0 Å². The molecular weight excluding hydrogens is 368 g/mol. The lowest BCUT2D eigenvalue weighted by atomic mass is 10.1. The zero-order valence-electron chi connectivity index (χ0n) is 12.6. The highest BCUT2D eigenvalue weighted by atomic mass is 79.9. The smallest absolute Gasteiger partial charge is 0.247 e. The third-order valence-electron chi connectivity index (χ3n) is 3.70. The largest absolute Gasteiger partial charge is 0.418 e. The maximum atomic E-state index is 5.96. The SMILES string of the molecule is Brc1ccc(-c2nnc([C@@H](c3ccccc3)n3ccnc3)o2)cc1. The van der Waals surface area contributed by atoms with Crippen LogP contribution in [0.3, 0.4) is 0 Å². The Kier molecular flexibility index (Phi) is 3.96. The molecule has 0 aliphatic rings. The number of hydrogen-bond acceptors (Lipinski definition) is 4. The van der Waals surface area contributed by atoms with E-state index in [0.29, 0.717) is 11.8 Å². The van der Waals surface area contributed by atoms with Gasteiger partial charge in [0.1, 0.15) is 6.04 Å². The van der Waals surface area contributed by atoms with Crippen LogP contribution in [-0.4, -0.2) is 19.7 Å². The van der Waals surface area contributed by atoms with E-state index >= 15 is 0 Å². The van der Waals surface area contributed by atoms with Gasteiger partial charge in [-0.25, -0.2) is 4.98 Å². The zero-order chi connectivity index (χ0) is 16.4. The number of hydrogen-bond donors (Lipinski definition) is 0. The lowest BCUT2D eigenvalue weighted by Gasteiger charge is -2.14. The van der Waals surface area contributed by atoms with Crippen LogP contribution in [0.25, 0.3) is 11.5 Å². The first kappa shape index (κ1) is 14.8. The summed E-state index contributed by atoms with van der Waals surface area (Å²) >= 11 is 3.43. The summed E-state index contributed by atoms with van der Waals surface area (Å²) in [6, 6.07) is 17.6. The highest BCUT2D eigenvalue weighted by Gasteiger charge is 2.22. The zero-order valence-corrected chi connectivity index (χ0v) is 14.2. The molecule has 0 radical (unpaired) electrons. The van der Waals surface area contributed by atoms with Crippen molar-refractivity contribution in [3.05, 3.63) is 89.2 Å². The quantitative estimate of drug-likeness (QED) is 0.528. The maximum Gasteiger partial charge on any atom is 0.247 e. The topological polar surface area (TPSA) is 56.7 Å². The van der Waals surface area contributed by atoms with Crippen LogP contribution in [0.4, 0.5) is 0 Å². The summed E-state index contributed by atoms with van der Waals surface area (Å²) in [5.74, 6) is 1.02. The summed E-state index contributed by atoms with van der Waals surface area (Å²) in [4.78, 5) is 4.14. The van der Waals surface area contributed by atoms with E-state index in [1.165, 1.54) is 0 Å². The lowest BCUT2D eigenvalue weighted by molar-refractivity contribution is 0.453. The summed E-state index contributed by atoms with van der Waals surface area (Å²) in [5, 5.41) is 8.48. The highest BCUT2D eigenvalue weighted by Crippen LogP contribution is 2.28. The molecule has 5 nitrogen and oxygen atoms in total. The standard InChI is InChI=1S/C18H13BrN4O/c19-15-8-6-14(7-9-15)17-21-22-18(24-17)16(23-11-10-20-12-23)13-4-2-1-3-5-13/h1-12,16H/t16-/m1/s1. The van der Waals surface area contributed by atoms with Crippen molar-refractivity contribution < 1.29 is 4.42 Å². The van der Waals surface area contributed by atoms with Crippen molar-refractivity contribution in [3.63, 3.8) is 0 Å². The van der Waals surface area contributed by atoms with Crippen molar-refractivity contribution >= 4 is 15.9 Å². The highest BCUT2D eigenvalue weighted by molar-refractivity contribution is 9.10. The Labute approximate surface area is 147 Å². The van der Waals surface area contributed by atoms with Gasteiger partial charge in [-0.2, -0.15) is 0 Å². The minimum absolute atomic E-state index is 0.203. The normalized spacial score (nSPS) is 12.2. The maximum absolute atomic E-state index is 5.96. The van der Waals surface area contributed by atoms with Crippen molar-refractivity contribution in [2.45, 2.75) is 6.04 Å². The Morgan fingerprint density at radius 2 is 1.75 bits per heavy atom. The van der Waals surface area contributed by atoms with Crippen molar-refractivity contribution in [2.75, 3.05) is 0 Å². The summed E-state index contributed by atoms with van der Waals surface area (Å²) < 4.78 is 8.92. The number of benzene rings is 2. The second kappa shape index (κ2) is 6.41. The molecule has 4 aromatic rings. The van der Waals surface area contributed by atoms with Gasteiger partial charge in [0, 0.05) is 22.4 Å². The Morgan fingerprint density at radius 3 is 2.46 bits per heavy atom. The van der Waals surface area contributed by atoms with Crippen LogP contribution in [-0.2, 0) is 0 Å². The fraction of sp³-hybridized carbons (Fsp3) is 0.0556. The number of nitrogens with zero attached hydrogens (tertiary/aromatic N) is 4. The fourth-order valence-corrected chi connectivity index (χ4v) is 2.82. The van der Waals surface area contributed by atoms with Crippen molar-refractivity contribution in [2.24, 2.45) is 0 Å². The van der Waals surface area contributed by atoms with Gasteiger partial charge in [0.2, 0.25) is 11.8 Å². The van der Waals surface area contributed by atoms with E-state index in [1.54, 1.807) is 12.5 Å². The second-order valence-corrected chi connectivity index (χ2v) is 6.19. The molecule has 0 saturated heterocycles. The Morgan fingerprint density at radius 1 is 0.958 bits per heavy atom. The van der Waals surface area contributed by atoms with Gasteiger partial charge >= 0.3 is 0 Å². The molecule has 0 amide bonds. The van der Waals surface area contributed by atoms with Gasteiger partial charge in [0.05, 0.1) is 6.33 Å². The monoisotopic (exact) mass is 380 g/mol. The van der Waals surface area contributed by atoms with Gasteiger partial charge in [0.15, 0.2) is 0 Å². The van der Waals surface area contributed by atoms with E-state index < -0.39 is 0 Å². The van der Waals surface area contributed by atoms with E-state index in [9.17, 15) is 0 Å². The fourth-order valence-electron chi connectivity index (χ4n) is 2.55. The Hall–Kier alpha value is -2.73. The van der Waals surface area contributed by atoms with Gasteiger partial charge in [-0.15, -0.1) is 10.2 Å². The van der Waals surface area contributed by atoms with E-state index in [2.05, 4.69) is 31.1 Å². The van der Waals surface area contributed by atoms with Crippen LogP contribution < -0.4 is 0 Å². The van der Waals surface area contributed by atoms with Crippen molar-refractivity contribution in [1.29, 1.82) is 0 Å². The molecule has 1 atom stereocenters. The van der Waals surface area contributed by atoms with Crippen LogP contribution in [0.2, 0.25) is 0 Å². The number of rotatable bonds is 4. The number of halogens is 1. The predicted octanol–water partition coefficient (Wildman–Crippen LogP) is 4.33. The van der Waals surface area contributed by atoms with E-state index in [1.807, 2.05) is 65.4 Å². The van der Waals surface area contributed by atoms with E-state index in [4.69, 9.17) is 4.42 Å². The number of aromatic nitrogens is 4. The molecule has 6 heteroatoms. The molecule has 24 heavy (non-hydrogen) atoms. The van der Waals surface area contributed by atoms with E-state index in [-0.39, 0.29) is 6.04 Å². The summed E-state index contributed by atoms with van der Waals surface area (Å²) in [5.41, 5.74) is 1.94. The van der Waals surface area contributed by atoms with Crippen molar-refractivity contribution in [3.8, 4) is 11.5 Å². The average Bonchev–Trinajstić information content (AvgIpc) is 3.30. The van der Waals surface area contributed by atoms with Crippen LogP contribution in [0.1, 0.15) is 17.5 Å². The molecule has 2 aromatic carbocycles. The first-order valence-electron chi connectivity index (χ1n) is 7.43. The molecule has 2 heterocycles. The molecule has 0 aliphatic heterocycles. The molecule has 0 unspecified atom stereocenters.